The maximum atomic E-state index is 13.7. The Hall–Kier alpha value is -1.10. The normalized spacial score (nSPS) is 14.0. The summed E-state index contributed by atoms with van der Waals surface area (Å²) in [6.07, 6.45) is 2.14. The summed E-state index contributed by atoms with van der Waals surface area (Å²) >= 11 is 0. The highest BCUT2D eigenvalue weighted by Gasteiger charge is 2.13. The zero-order valence-corrected chi connectivity index (χ0v) is 19.5. The molecule has 1 aromatic carbocycles. The number of sulfone groups is 1. The van der Waals surface area contributed by atoms with Crippen molar-refractivity contribution in [3.8, 4) is 5.75 Å². The Morgan fingerprint density at radius 3 is 2.52 bits per heavy atom. The van der Waals surface area contributed by atoms with E-state index in [9.17, 15) is 12.8 Å². The number of nitrogens with one attached hydrogen (secondary N) is 2. The van der Waals surface area contributed by atoms with Gasteiger partial charge in [0.2, 0.25) is 0 Å². The molecule has 1 aromatic rings. The van der Waals surface area contributed by atoms with Crippen molar-refractivity contribution in [3.63, 3.8) is 0 Å². The van der Waals surface area contributed by atoms with Crippen LogP contribution in [0.25, 0.3) is 0 Å². The first-order chi connectivity index (χ1) is 12.2. The predicted octanol–water partition coefficient (Wildman–Crippen LogP) is 2.98. The van der Waals surface area contributed by atoms with E-state index in [0.29, 0.717) is 31.9 Å². The Morgan fingerprint density at radius 1 is 1.30 bits per heavy atom. The highest BCUT2D eigenvalue weighted by Crippen LogP contribution is 2.18. The Bertz CT molecular complexity index is 686. The van der Waals surface area contributed by atoms with Crippen LogP contribution in [0.5, 0.6) is 5.75 Å². The molecule has 9 heteroatoms. The van der Waals surface area contributed by atoms with Gasteiger partial charge in [-0.15, -0.1) is 24.0 Å². The third-order valence-electron chi connectivity index (χ3n) is 3.69. The molecule has 0 radical (unpaired) electrons. The summed E-state index contributed by atoms with van der Waals surface area (Å²) < 4.78 is 42.0. The minimum Gasteiger partial charge on any atom is -0.485 e. The molecule has 0 amide bonds. The highest BCUT2D eigenvalue weighted by atomic mass is 127. The lowest BCUT2D eigenvalue weighted by Crippen LogP contribution is -2.43. The molecular formula is C18H31FIN3O3S. The summed E-state index contributed by atoms with van der Waals surface area (Å²) in [5.74, 6) is 0.529. The zero-order chi connectivity index (χ0) is 19.6. The Labute approximate surface area is 179 Å². The summed E-state index contributed by atoms with van der Waals surface area (Å²) in [5, 5.41) is 6.32. The van der Waals surface area contributed by atoms with Crippen molar-refractivity contribution >= 4 is 39.8 Å². The molecule has 2 atom stereocenters. The number of hydrogen-bond acceptors (Lipinski definition) is 4. The number of hydrogen-bond donors (Lipinski definition) is 2. The molecule has 0 aliphatic rings. The van der Waals surface area contributed by atoms with Gasteiger partial charge in [0, 0.05) is 18.8 Å². The molecule has 0 saturated carbocycles. The molecule has 0 spiro atoms. The lowest BCUT2D eigenvalue weighted by molar-refractivity contribution is 0.196. The smallest absolute Gasteiger partial charge is 0.191 e. The van der Waals surface area contributed by atoms with Gasteiger partial charge in [0.05, 0.1) is 12.3 Å². The third-order valence-corrected chi connectivity index (χ3v) is 4.66. The van der Waals surface area contributed by atoms with E-state index in [1.807, 2.05) is 20.8 Å². The minimum atomic E-state index is -2.99. The fourth-order valence-corrected chi connectivity index (χ4v) is 2.96. The van der Waals surface area contributed by atoms with Crippen LogP contribution in [0, 0.1) is 5.82 Å². The SMILES string of the molecule is CCNC(=NCC(CC)Oc1ccccc1F)NC(C)CCS(C)(=O)=O.I. The molecule has 0 aromatic heterocycles. The van der Waals surface area contributed by atoms with E-state index in [-0.39, 0.29) is 47.6 Å². The van der Waals surface area contributed by atoms with Gasteiger partial charge >= 0.3 is 0 Å². The molecule has 0 fully saturated rings. The van der Waals surface area contributed by atoms with Gasteiger partial charge in [0.1, 0.15) is 15.9 Å². The van der Waals surface area contributed by atoms with Crippen LogP contribution in [-0.2, 0) is 9.84 Å². The highest BCUT2D eigenvalue weighted by molar-refractivity contribution is 14.0. The van der Waals surface area contributed by atoms with Crippen LogP contribution in [0.3, 0.4) is 0 Å². The van der Waals surface area contributed by atoms with E-state index >= 15 is 0 Å². The molecule has 6 nitrogen and oxygen atoms in total. The van der Waals surface area contributed by atoms with Crippen LogP contribution < -0.4 is 15.4 Å². The average molecular weight is 515 g/mol. The fourth-order valence-electron chi connectivity index (χ4n) is 2.18. The third kappa shape index (κ3) is 11.4. The van der Waals surface area contributed by atoms with Gasteiger partial charge in [-0.2, -0.15) is 0 Å². The molecule has 2 unspecified atom stereocenters. The second-order valence-corrected chi connectivity index (χ2v) is 8.52. The van der Waals surface area contributed by atoms with Crippen LogP contribution in [0.15, 0.2) is 29.3 Å². The van der Waals surface area contributed by atoms with Gasteiger partial charge in [0.15, 0.2) is 17.5 Å². The van der Waals surface area contributed by atoms with Crippen molar-refractivity contribution < 1.29 is 17.5 Å². The Balaban J connectivity index is 0.00000676. The van der Waals surface area contributed by atoms with Crippen LogP contribution in [0.4, 0.5) is 4.39 Å². The van der Waals surface area contributed by atoms with Crippen molar-refractivity contribution in [1.29, 1.82) is 0 Å². The van der Waals surface area contributed by atoms with Gasteiger partial charge in [-0.25, -0.2) is 17.8 Å². The maximum absolute atomic E-state index is 13.7. The van der Waals surface area contributed by atoms with Crippen molar-refractivity contribution in [3.05, 3.63) is 30.1 Å². The van der Waals surface area contributed by atoms with E-state index in [1.165, 1.54) is 12.3 Å². The number of ether oxygens (including phenoxy) is 1. The molecular weight excluding hydrogens is 484 g/mol. The van der Waals surface area contributed by atoms with E-state index < -0.39 is 15.7 Å². The molecule has 2 N–H and O–H groups in total. The quantitative estimate of drug-likeness (QED) is 0.285. The second-order valence-electron chi connectivity index (χ2n) is 6.26. The lowest BCUT2D eigenvalue weighted by atomic mass is 10.2. The van der Waals surface area contributed by atoms with Crippen LogP contribution in [0.2, 0.25) is 0 Å². The standard InChI is InChI=1S/C18H30FN3O3S.HI/c1-5-15(25-17-10-8-7-9-16(17)19)13-21-18(20-6-2)22-14(3)11-12-26(4,23)24;/h7-10,14-15H,5-6,11-13H2,1-4H3,(H2,20,21,22);1H. The van der Waals surface area contributed by atoms with Crippen molar-refractivity contribution in [2.45, 2.75) is 45.8 Å². The first kappa shape index (κ1) is 25.9. The van der Waals surface area contributed by atoms with Crippen LogP contribution >= 0.6 is 24.0 Å². The largest absolute Gasteiger partial charge is 0.485 e. The molecule has 0 saturated heterocycles. The first-order valence-electron chi connectivity index (χ1n) is 8.88. The lowest BCUT2D eigenvalue weighted by Gasteiger charge is -2.20. The number of aliphatic imine (C=N–C) groups is 1. The minimum absolute atomic E-state index is 0. The number of para-hydroxylation sites is 1. The van der Waals surface area contributed by atoms with Gasteiger partial charge in [0.25, 0.3) is 0 Å². The maximum Gasteiger partial charge on any atom is 0.191 e. The number of benzene rings is 1. The summed E-state index contributed by atoms with van der Waals surface area (Å²) in [5.41, 5.74) is 0. The van der Waals surface area contributed by atoms with Gasteiger partial charge in [-0.3, -0.25) is 0 Å². The van der Waals surface area contributed by atoms with Crippen molar-refractivity contribution in [2.24, 2.45) is 4.99 Å². The fraction of sp³-hybridized carbons (Fsp3) is 0.611. The van der Waals surface area contributed by atoms with E-state index in [0.717, 1.165) is 0 Å². The number of halogens is 2. The number of guanidine groups is 1. The van der Waals surface area contributed by atoms with Gasteiger partial charge < -0.3 is 15.4 Å². The Kier molecular flexibility index (Phi) is 12.6. The van der Waals surface area contributed by atoms with E-state index in [1.54, 1.807) is 18.2 Å². The van der Waals surface area contributed by atoms with Crippen LogP contribution in [-0.4, -0.2) is 51.6 Å². The molecule has 1 rings (SSSR count). The molecule has 156 valence electrons. The number of rotatable bonds is 10. The summed E-state index contributed by atoms with van der Waals surface area (Å²) in [6, 6.07) is 6.25. The average Bonchev–Trinajstić information content (AvgIpc) is 2.57. The Morgan fingerprint density at radius 2 is 1.96 bits per heavy atom. The van der Waals surface area contributed by atoms with Crippen molar-refractivity contribution in [2.75, 3.05) is 25.1 Å². The van der Waals surface area contributed by atoms with E-state index in [2.05, 4.69) is 15.6 Å². The molecule has 27 heavy (non-hydrogen) atoms. The first-order valence-corrected chi connectivity index (χ1v) is 10.9. The predicted molar refractivity (Wildman–Crippen MR) is 119 cm³/mol. The molecule has 0 aliphatic carbocycles. The summed E-state index contributed by atoms with van der Waals surface area (Å²) in [6.45, 7) is 6.85. The van der Waals surface area contributed by atoms with Crippen molar-refractivity contribution in [1.82, 2.24) is 10.6 Å². The molecule has 0 aliphatic heterocycles. The monoisotopic (exact) mass is 515 g/mol. The van der Waals surface area contributed by atoms with Crippen LogP contribution in [0.1, 0.15) is 33.6 Å². The number of nitrogens with zero attached hydrogens (tertiary/aromatic N) is 1. The zero-order valence-electron chi connectivity index (χ0n) is 16.4. The van der Waals surface area contributed by atoms with Gasteiger partial charge in [-0.05, 0) is 38.8 Å². The van der Waals surface area contributed by atoms with E-state index in [4.69, 9.17) is 4.74 Å². The van der Waals surface area contributed by atoms with Gasteiger partial charge in [-0.1, -0.05) is 19.1 Å². The second kappa shape index (κ2) is 13.1. The topological polar surface area (TPSA) is 79.8 Å². The summed E-state index contributed by atoms with van der Waals surface area (Å²) in [7, 11) is -2.99. The molecule has 0 bridgehead atoms. The summed E-state index contributed by atoms with van der Waals surface area (Å²) in [4.78, 5) is 4.49. The molecule has 0 heterocycles.